The molecule has 1 aromatic carbocycles. The standard InChI is InChI=1S/C12H15BrO3/c1-16-12-3-2-7(4-9(12)13)8-5-10(14)11(15)6-8/h2-4,8,10-11,14-15H,5-6H2,1H3. The number of hydrogen-bond donors (Lipinski definition) is 2. The topological polar surface area (TPSA) is 49.7 Å². The predicted octanol–water partition coefficient (Wildman–Crippen LogP) is 2.06. The summed E-state index contributed by atoms with van der Waals surface area (Å²) < 4.78 is 6.07. The number of rotatable bonds is 2. The molecule has 3 nitrogen and oxygen atoms in total. The lowest BCUT2D eigenvalue weighted by Gasteiger charge is -2.11. The van der Waals surface area contributed by atoms with Crippen LogP contribution in [-0.2, 0) is 0 Å². The van der Waals surface area contributed by atoms with Crippen LogP contribution < -0.4 is 4.74 Å². The molecule has 1 aliphatic carbocycles. The Kier molecular flexibility index (Phi) is 3.52. The Bertz CT molecular complexity index is 371. The quantitative estimate of drug-likeness (QED) is 0.875. The van der Waals surface area contributed by atoms with Crippen molar-refractivity contribution in [3.63, 3.8) is 0 Å². The molecular weight excluding hydrogens is 272 g/mol. The summed E-state index contributed by atoms with van der Waals surface area (Å²) in [5, 5.41) is 19.0. The van der Waals surface area contributed by atoms with Crippen LogP contribution in [0.5, 0.6) is 5.75 Å². The van der Waals surface area contributed by atoms with Gasteiger partial charge in [-0.05, 0) is 52.4 Å². The third-order valence-electron chi connectivity index (χ3n) is 3.14. The van der Waals surface area contributed by atoms with E-state index < -0.39 is 12.2 Å². The van der Waals surface area contributed by atoms with Gasteiger partial charge in [-0.25, -0.2) is 0 Å². The highest BCUT2D eigenvalue weighted by Gasteiger charge is 2.32. The maximum absolute atomic E-state index is 9.51. The Labute approximate surface area is 103 Å². The normalized spacial score (nSPS) is 29.4. The van der Waals surface area contributed by atoms with Crippen molar-refractivity contribution in [3.8, 4) is 5.75 Å². The van der Waals surface area contributed by atoms with E-state index in [2.05, 4.69) is 15.9 Å². The van der Waals surface area contributed by atoms with Crippen LogP contribution in [0.2, 0.25) is 0 Å². The van der Waals surface area contributed by atoms with Gasteiger partial charge in [-0.1, -0.05) is 6.07 Å². The van der Waals surface area contributed by atoms with E-state index in [0.29, 0.717) is 12.8 Å². The van der Waals surface area contributed by atoms with Crippen molar-refractivity contribution in [1.82, 2.24) is 0 Å². The van der Waals surface area contributed by atoms with Crippen molar-refractivity contribution in [2.45, 2.75) is 31.0 Å². The molecule has 1 fully saturated rings. The average molecular weight is 287 g/mol. The molecule has 88 valence electrons. The summed E-state index contributed by atoms with van der Waals surface area (Å²) in [7, 11) is 1.63. The van der Waals surface area contributed by atoms with Gasteiger partial charge < -0.3 is 14.9 Å². The molecule has 0 aromatic heterocycles. The molecule has 4 heteroatoms. The third-order valence-corrected chi connectivity index (χ3v) is 3.76. The van der Waals surface area contributed by atoms with Crippen LogP contribution in [-0.4, -0.2) is 29.5 Å². The SMILES string of the molecule is COc1ccc(C2CC(O)C(O)C2)cc1Br. The molecule has 2 unspecified atom stereocenters. The fraction of sp³-hybridized carbons (Fsp3) is 0.500. The second-order valence-corrected chi connectivity index (χ2v) is 5.05. The van der Waals surface area contributed by atoms with E-state index in [-0.39, 0.29) is 5.92 Å². The highest BCUT2D eigenvalue weighted by Crippen LogP contribution is 2.37. The third kappa shape index (κ3) is 2.24. The van der Waals surface area contributed by atoms with E-state index in [0.717, 1.165) is 15.8 Å². The van der Waals surface area contributed by atoms with E-state index in [1.807, 2.05) is 18.2 Å². The van der Waals surface area contributed by atoms with Gasteiger partial charge >= 0.3 is 0 Å². The highest BCUT2D eigenvalue weighted by atomic mass is 79.9. The fourth-order valence-corrected chi connectivity index (χ4v) is 2.76. The lowest BCUT2D eigenvalue weighted by molar-refractivity contribution is 0.0438. The molecule has 0 heterocycles. The molecule has 0 spiro atoms. The Balaban J connectivity index is 2.19. The Morgan fingerprint density at radius 1 is 1.25 bits per heavy atom. The predicted molar refractivity (Wildman–Crippen MR) is 64.7 cm³/mol. The van der Waals surface area contributed by atoms with E-state index in [1.54, 1.807) is 7.11 Å². The van der Waals surface area contributed by atoms with Crippen LogP contribution in [0.15, 0.2) is 22.7 Å². The molecule has 1 aromatic rings. The molecule has 16 heavy (non-hydrogen) atoms. The lowest BCUT2D eigenvalue weighted by atomic mass is 9.97. The summed E-state index contributed by atoms with van der Waals surface area (Å²) in [5.74, 6) is 1.02. The van der Waals surface area contributed by atoms with Gasteiger partial charge in [0.15, 0.2) is 0 Å². The van der Waals surface area contributed by atoms with Gasteiger partial charge in [0, 0.05) is 0 Å². The summed E-state index contributed by atoms with van der Waals surface area (Å²) in [6.07, 6.45) is 0.0663. The Morgan fingerprint density at radius 2 is 1.88 bits per heavy atom. The van der Waals surface area contributed by atoms with Crippen molar-refractivity contribution < 1.29 is 14.9 Å². The average Bonchev–Trinajstić information content (AvgIpc) is 2.59. The van der Waals surface area contributed by atoms with Gasteiger partial charge in [0.25, 0.3) is 0 Å². The van der Waals surface area contributed by atoms with Crippen LogP contribution in [0.4, 0.5) is 0 Å². The van der Waals surface area contributed by atoms with Crippen LogP contribution >= 0.6 is 15.9 Å². The minimum absolute atomic E-state index is 0.229. The van der Waals surface area contributed by atoms with Crippen molar-refractivity contribution in [1.29, 1.82) is 0 Å². The van der Waals surface area contributed by atoms with Crippen molar-refractivity contribution >= 4 is 15.9 Å². The van der Waals surface area contributed by atoms with Gasteiger partial charge in [0.2, 0.25) is 0 Å². The summed E-state index contributed by atoms with van der Waals surface area (Å²) >= 11 is 3.43. The number of ether oxygens (including phenoxy) is 1. The van der Waals surface area contributed by atoms with Gasteiger partial charge in [0.1, 0.15) is 5.75 Å². The molecular formula is C12H15BrO3. The fourth-order valence-electron chi connectivity index (χ4n) is 2.20. The summed E-state index contributed by atoms with van der Waals surface area (Å²) in [6.45, 7) is 0. The van der Waals surface area contributed by atoms with Crippen LogP contribution in [0, 0.1) is 0 Å². The molecule has 2 N–H and O–H groups in total. The smallest absolute Gasteiger partial charge is 0.133 e. The van der Waals surface area contributed by atoms with Crippen molar-refractivity contribution in [2.24, 2.45) is 0 Å². The molecule has 0 saturated heterocycles. The lowest BCUT2D eigenvalue weighted by Crippen LogP contribution is -2.17. The van der Waals surface area contributed by atoms with Crippen LogP contribution in [0.1, 0.15) is 24.3 Å². The van der Waals surface area contributed by atoms with Gasteiger partial charge in [-0.15, -0.1) is 0 Å². The number of aliphatic hydroxyl groups is 2. The number of hydrogen-bond acceptors (Lipinski definition) is 3. The van der Waals surface area contributed by atoms with Crippen LogP contribution in [0.3, 0.4) is 0 Å². The van der Waals surface area contributed by atoms with E-state index in [9.17, 15) is 10.2 Å². The molecule has 1 saturated carbocycles. The van der Waals surface area contributed by atoms with E-state index in [4.69, 9.17) is 4.74 Å². The number of methoxy groups -OCH3 is 1. The van der Waals surface area contributed by atoms with Crippen LogP contribution in [0.25, 0.3) is 0 Å². The molecule has 2 rings (SSSR count). The molecule has 0 bridgehead atoms. The first kappa shape index (κ1) is 11.9. The van der Waals surface area contributed by atoms with Gasteiger partial charge in [-0.3, -0.25) is 0 Å². The summed E-state index contributed by atoms with van der Waals surface area (Å²) in [4.78, 5) is 0. The number of benzene rings is 1. The first-order valence-corrected chi connectivity index (χ1v) is 6.10. The van der Waals surface area contributed by atoms with Gasteiger partial charge in [-0.2, -0.15) is 0 Å². The first-order valence-electron chi connectivity index (χ1n) is 5.31. The molecule has 0 amide bonds. The maximum atomic E-state index is 9.51. The zero-order valence-corrected chi connectivity index (χ0v) is 10.6. The molecule has 2 atom stereocenters. The summed E-state index contributed by atoms with van der Waals surface area (Å²) in [6, 6.07) is 5.88. The zero-order chi connectivity index (χ0) is 11.7. The van der Waals surface area contributed by atoms with Gasteiger partial charge in [0.05, 0.1) is 23.8 Å². The minimum Gasteiger partial charge on any atom is -0.496 e. The highest BCUT2D eigenvalue weighted by molar-refractivity contribution is 9.10. The largest absolute Gasteiger partial charge is 0.496 e. The monoisotopic (exact) mass is 286 g/mol. The van der Waals surface area contributed by atoms with Crippen molar-refractivity contribution in [2.75, 3.05) is 7.11 Å². The molecule has 0 aliphatic heterocycles. The number of aliphatic hydroxyl groups excluding tert-OH is 2. The molecule has 0 radical (unpaired) electrons. The van der Waals surface area contributed by atoms with E-state index in [1.165, 1.54) is 0 Å². The minimum atomic E-state index is -0.592. The Hall–Kier alpha value is -0.580. The second kappa shape index (κ2) is 4.73. The zero-order valence-electron chi connectivity index (χ0n) is 9.06. The second-order valence-electron chi connectivity index (χ2n) is 4.20. The van der Waals surface area contributed by atoms with Crippen molar-refractivity contribution in [3.05, 3.63) is 28.2 Å². The number of halogens is 1. The first-order chi connectivity index (χ1) is 7.61. The molecule has 1 aliphatic rings. The maximum Gasteiger partial charge on any atom is 0.133 e. The Morgan fingerprint density at radius 3 is 2.38 bits per heavy atom. The summed E-state index contributed by atoms with van der Waals surface area (Å²) in [5.41, 5.74) is 1.13. The van der Waals surface area contributed by atoms with E-state index >= 15 is 0 Å².